The zero-order chi connectivity index (χ0) is 15.3. The van der Waals surface area contributed by atoms with E-state index in [0.717, 1.165) is 6.42 Å². The summed E-state index contributed by atoms with van der Waals surface area (Å²) in [5.74, 6) is 0.531. The third-order valence-electron chi connectivity index (χ3n) is 2.64. The Balaban J connectivity index is 1.88. The highest BCUT2D eigenvalue weighted by atomic mass is 19.4. The molecule has 0 unspecified atom stereocenters. The van der Waals surface area contributed by atoms with Crippen molar-refractivity contribution < 1.29 is 27.4 Å². The molecule has 21 heavy (non-hydrogen) atoms. The molecule has 5 nitrogen and oxygen atoms in total. The van der Waals surface area contributed by atoms with E-state index < -0.39 is 25.2 Å². The molecule has 1 aliphatic heterocycles. The van der Waals surface area contributed by atoms with Gasteiger partial charge in [0.15, 0.2) is 11.5 Å². The second-order valence-corrected chi connectivity index (χ2v) is 4.48. The summed E-state index contributed by atoms with van der Waals surface area (Å²) < 4.78 is 46.7. The number of carbonyl (C=O) groups is 1. The first-order valence-corrected chi connectivity index (χ1v) is 6.41. The third kappa shape index (κ3) is 5.14. The molecule has 1 aliphatic rings. The van der Waals surface area contributed by atoms with Crippen LogP contribution in [0, 0.1) is 0 Å². The van der Waals surface area contributed by atoms with Gasteiger partial charge >= 0.3 is 6.18 Å². The van der Waals surface area contributed by atoms with E-state index in [0.29, 0.717) is 30.4 Å². The summed E-state index contributed by atoms with van der Waals surface area (Å²) in [4.78, 5) is 11.5. The zero-order valence-electron chi connectivity index (χ0n) is 11.1. The fourth-order valence-electron chi connectivity index (χ4n) is 1.76. The van der Waals surface area contributed by atoms with Gasteiger partial charge in [0, 0.05) is 18.2 Å². The molecule has 0 bridgehead atoms. The van der Waals surface area contributed by atoms with Crippen molar-refractivity contribution in [3.8, 4) is 11.5 Å². The van der Waals surface area contributed by atoms with Gasteiger partial charge in [-0.15, -0.1) is 0 Å². The quantitative estimate of drug-likeness (QED) is 0.892. The van der Waals surface area contributed by atoms with E-state index in [4.69, 9.17) is 9.47 Å². The lowest BCUT2D eigenvalue weighted by Crippen LogP contribution is -2.35. The summed E-state index contributed by atoms with van der Waals surface area (Å²) in [6.45, 7) is -0.562. The number of ether oxygens (including phenoxy) is 2. The lowest BCUT2D eigenvalue weighted by Gasteiger charge is -2.11. The van der Waals surface area contributed by atoms with Crippen LogP contribution in [-0.2, 0) is 4.79 Å². The first kappa shape index (κ1) is 15.4. The Hall–Kier alpha value is -1.96. The topological polar surface area (TPSA) is 59.6 Å². The van der Waals surface area contributed by atoms with Crippen molar-refractivity contribution in [1.82, 2.24) is 5.32 Å². The number of rotatable bonds is 4. The number of alkyl halides is 3. The monoisotopic (exact) mass is 304 g/mol. The molecule has 1 amide bonds. The molecule has 0 saturated heterocycles. The molecule has 2 N–H and O–H groups in total. The highest BCUT2D eigenvalue weighted by molar-refractivity contribution is 5.92. The van der Waals surface area contributed by atoms with Gasteiger partial charge < -0.3 is 20.1 Å². The van der Waals surface area contributed by atoms with Crippen LogP contribution in [0.25, 0.3) is 0 Å². The minimum Gasteiger partial charge on any atom is -0.490 e. The molecule has 0 spiro atoms. The zero-order valence-corrected chi connectivity index (χ0v) is 11.1. The van der Waals surface area contributed by atoms with Gasteiger partial charge in [-0.25, -0.2) is 0 Å². The van der Waals surface area contributed by atoms with Gasteiger partial charge in [0.1, 0.15) is 0 Å². The predicted molar refractivity (Wildman–Crippen MR) is 69.6 cm³/mol. The fraction of sp³-hybridized carbons (Fsp3) is 0.462. The van der Waals surface area contributed by atoms with Crippen LogP contribution in [0.2, 0.25) is 0 Å². The maximum absolute atomic E-state index is 11.9. The van der Waals surface area contributed by atoms with Crippen LogP contribution in [0.1, 0.15) is 6.42 Å². The number of fused-ring (bicyclic) bond motifs is 1. The SMILES string of the molecule is O=C(CNCC(F)(F)F)Nc1ccc2c(c1)OCCCO2. The smallest absolute Gasteiger partial charge is 0.401 e. The van der Waals surface area contributed by atoms with Crippen LogP contribution < -0.4 is 20.1 Å². The van der Waals surface area contributed by atoms with Gasteiger partial charge in [-0.05, 0) is 12.1 Å². The summed E-state index contributed by atoms with van der Waals surface area (Å²) in [6, 6.07) is 4.84. The van der Waals surface area contributed by atoms with Crippen molar-refractivity contribution >= 4 is 11.6 Å². The number of hydrogen-bond donors (Lipinski definition) is 2. The Labute approximate surface area is 119 Å². The molecule has 0 saturated carbocycles. The summed E-state index contributed by atoms with van der Waals surface area (Å²) in [5.41, 5.74) is 0.443. The normalized spacial score (nSPS) is 14.4. The van der Waals surface area contributed by atoms with E-state index in [1.54, 1.807) is 18.2 Å². The average molecular weight is 304 g/mol. The van der Waals surface area contributed by atoms with Gasteiger partial charge in [0.2, 0.25) is 5.91 Å². The number of nitrogens with one attached hydrogen (secondary N) is 2. The van der Waals surface area contributed by atoms with Crippen LogP contribution in [0.4, 0.5) is 18.9 Å². The van der Waals surface area contributed by atoms with Crippen molar-refractivity contribution in [2.45, 2.75) is 12.6 Å². The minimum atomic E-state index is -4.34. The van der Waals surface area contributed by atoms with E-state index >= 15 is 0 Å². The van der Waals surface area contributed by atoms with Crippen LogP contribution in [0.5, 0.6) is 11.5 Å². The van der Waals surface area contributed by atoms with Crippen LogP contribution in [0.15, 0.2) is 18.2 Å². The van der Waals surface area contributed by atoms with Gasteiger partial charge in [0.05, 0.1) is 26.3 Å². The average Bonchev–Trinajstić information content (AvgIpc) is 2.61. The first-order valence-electron chi connectivity index (χ1n) is 6.41. The highest BCUT2D eigenvalue weighted by Gasteiger charge is 2.26. The molecule has 0 aliphatic carbocycles. The van der Waals surface area contributed by atoms with Crippen LogP contribution >= 0.6 is 0 Å². The molecule has 8 heteroatoms. The van der Waals surface area contributed by atoms with Crippen molar-refractivity contribution in [2.24, 2.45) is 0 Å². The van der Waals surface area contributed by atoms with Crippen molar-refractivity contribution in [3.05, 3.63) is 18.2 Å². The number of anilines is 1. The lowest BCUT2D eigenvalue weighted by atomic mass is 10.2. The van der Waals surface area contributed by atoms with Gasteiger partial charge in [-0.1, -0.05) is 0 Å². The maximum atomic E-state index is 11.9. The van der Waals surface area contributed by atoms with Crippen molar-refractivity contribution in [1.29, 1.82) is 0 Å². The molecule has 0 fully saturated rings. The Morgan fingerprint density at radius 2 is 1.90 bits per heavy atom. The number of benzene rings is 1. The van der Waals surface area contributed by atoms with E-state index in [2.05, 4.69) is 5.32 Å². The summed E-state index contributed by atoms with van der Waals surface area (Å²) in [7, 11) is 0. The number of amides is 1. The van der Waals surface area contributed by atoms with E-state index in [1.165, 1.54) is 0 Å². The molecule has 0 aromatic heterocycles. The molecule has 0 atom stereocenters. The lowest BCUT2D eigenvalue weighted by molar-refractivity contribution is -0.126. The van der Waals surface area contributed by atoms with Crippen molar-refractivity contribution in [2.75, 3.05) is 31.6 Å². The van der Waals surface area contributed by atoms with Gasteiger partial charge in [-0.3, -0.25) is 4.79 Å². The first-order chi connectivity index (χ1) is 9.94. The number of hydrogen-bond acceptors (Lipinski definition) is 4. The Kier molecular flexibility index (Phi) is 4.89. The largest absolute Gasteiger partial charge is 0.490 e. The van der Waals surface area contributed by atoms with Crippen LogP contribution in [0.3, 0.4) is 0 Å². The minimum absolute atomic E-state index is 0.423. The second kappa shape index (κ2) is 6.66. The summed E-state index contributed by atoms with van der Waals surface area (Å²) in [6.07, 6.45) is -3.58. The summed E-state index contributed by atoms with van der Waals surface area (Å²) in [5, 5.41) is 4.52. The third-order valence-corrected chi connectivity index (χ3v) is 2.64. The van der Waals surface area contributed by atoms with Crippen molar-refractivity contribution in [3.63, 3.8) is 0 Å². The molecule has 1 aromatic carbocycles. The van der Waals surface area contributed by atoms with Gasteiger partial charge in [0.25, 0.3) is 0 Å². The fourth-order valence-corrected chi connectivity index (χ4v) is 1.76. The standard InChI is InChI=1S/C13H15F3N2O3/c14-13(15,16)8-17-7-12(19)18-9-2-3-10-11(6-9)21-5-1-4-20-10/h2-3,6,17H,1,4-5,7-8H2,(H,18,19). The van der Waals surface area contributed by atoms with Crippen LogP contribution in [-0.4, -0.2) is 38.4 Å². The molecule has 2 rings (SSSR count). The Bertz CT molecular complexity index is 506. The number of carbonyl (C=O) groups excluding carboxylic acids is 1. The molecule has 0 radical (unpaired) electrons. The van der Waals surface area contributed by atoms with E-state index in [-0.39, 0.29) is 0 Å². The molecule has 1 aromatic rings. The highest BCUT2D eigenvalue weighted by Crippen LogP contribution is 2.32. The predicted octanol–water partition coefficient (Wildman–Crippen LogP) is 1.94. The molecular formula is C13H15F3N2O3. The molecule has 116 valence electrons. The van der Waals surface area contributed by atoms with E-state index in [1.807, 2.05) is 5.32 Å². The Morgan fingerprint density at radius 3 is 2.62 bits per heavy atom. The molecular weight excluding hydrogens is 289 g/mol. The Morgan fingerprint density at radius 1 is 1.19 bits per heavy atom. The maximum Gasteiger partial charge on any atom is 0.401 e. The molecule has 1 heterocycles. The number of halogens is 3. The summed E-state index contributed by atoms with van der Waals surface area (Å²) >= 11 is 0. The second-order valence-electron chi connectivity index (χ2n) is 4.48. The van der Waals surface area contributed by atoms with Gasteiger partial charge in [-0.2, -0.15) is 13.2 Å². The van der Waals surface area contributed by atoms with E-state index in [9.17, 15) is 18.0 Å².